The van der Waals surface area contributed by atoms with Crippen molar-refractivity contribution in [1.82, 2.24) is 10.2 Å². The van der Waals surface area contributed by atoms with Crippen molar-refractivity contribution in [2.45, 2.75) is 13.0 Å². The molecule has 0 radical (unpaired) electrons. The predicted octanol–water partition coefficient (Wildman–Crippen LogP) is 2.39. The Morgan fingerprint density at radius 3 is 2.35 bits per heavy atom. The Morgan fingerprint density at radius 1 is 1.00 bits per heavy atom. The van der Waals surface area contributed by atoms with Crippen molar-refractivity contribution in [3.05, 3.63) is 65.7 Å². The Morgan fingerprint density at radius 2 is 1.69 bits per heavy atom. The fraction of sp³-hybridized carbons (Fsp3) is 0.333. The maximum Gasteiger partial charge on any atom is 0.223 e. The van der Waals surface area contributed by atoms with Crippen LogP contribution in [0.2, 0.25) is 0 Å². The van der Waals surface area contributed by atoms with Crippen LogP contribution in [0.5, 0.6) is 0 Å². The average Bonchev–Trinajstić information content (AvgIpc) is 2.72. The maximum atomic E-state index is 12.4. The molecule has 1 saturated heterocycles. The third kappa shape index (κ3) is 4.84. The summed E-state index contributed by atoms with van der Waals surface area (Å²) in [7, 11) is 0. The second-order valence-electron chi connectivity index (χ2n) is 6.44. The zero-order valence-corrected chi connectivity index (χ0v) is 14.9. The summed E-state index contributed by atoms with van der Waals surface area (Å²) in [6.07, 6.45) is 0.515. The van der Waals surface area contributed by atoms with Gasteiger partial charge in [0.15, 0.2) is 0 Å². The molecule has 26 heavy (non-hydrogen) atoms. The van der Waals surface area contributed by atoms with Crippen molar-refractivity contribution in [1.29, 1.82) is 5.26 Å². The van der Waals surface area contributed by atoms with Crippen LogP contribution in [0.3, 0.4) is 0 Å². The first-order valence-electron chi connectivity index (χ1n) is 9.04. The average molecular weight is 348 g/mol. The normalized spacial score (nSPS) is 14.1. The van der Waals surface area contributed by atoms with Gasteiger partial charge in [-0.15, -0.1) is 0 Å². The summed E-state index contributed by atoms with van der Waals surface area (Å²) in [4.78, 5) is 16.7. The molecule has 0 unspecified atom stereocenters. The smallest absolute Gasteiger partial charge is 0.223 e. The number of hydrogen-bond acceptors (Lipinski definition) is 4. The number of para-hydroxylation sites is 1. The molecule has 1 aliphatic heterocycles. The number of rotatable bonds is 6. The molecule has 3 rings (SSSR count). The van der Waals surface area contributed by atoms with Crippen LogP contribution < -0.4 is 10.2 Å². The van der Waals surface area contributed by atoms with Gasteiger partial charge in [-0.05, 0) is 29.8 Å². The number of hydrogen-bond donors (Lipinski definition) is 1. The molecule has 1 fully saturated rings. The quantitative estimate of drug-likeness (QED) is 0.815. The number of piperazine rings is 1. The molecular weight excluding hydrogens is 324 g/mol. The summed E-state index contributed by atoms with van der Waals surface area (Å²) in [6.45, 7) is 4.70. The summed E-state index contributed by atoms with van der Waals surface area (Å²) in [6, 6.07) is 20.0. The second-order valence-corrected chi connectivity index (χ2v) is 6.44. The van der Waals surface area contributed by atoms with E-state index < -0.39 is 0 Å². The summed E-state index contributed by atoms with van der Waals surface area (Å²) in [5, 5.41) is 12.1. The predicted molar refractivity (Wildman–Crippen MR) is 103 cm³/mol. The lowest BCUT2D eigenvalue weighted by Crippen LogP contribution is -2.49. The summed E-state index contributed by atoms with van der Waals surface area (Å²) in [5.41, 5.74) is 3.01. The van der Waals surface area contributed by atoms with Gasteiger partial charge in [0.1, 0.15) is 0 Å². The Hall–Kier alpha value is -2.84. The largest absolute Gasteiger partial charge is 0.368 e. The number of nitrogens with one attached hydrogen (secondary N) is 1. The SMILES string of the molecule is N#Cc1ccc(CNCCC(=O)N2CCN(c3ccccc3)CC2)cc1. The van der Waals surface area contributed by atoms with Gasteiger partial charge < -0.3 is 15.1 Å². The Kier molecular flexibility index (Phi) is 6.24. The van der Waals surface area contributed by atoms with E-state index >= 15 is 0 Å². The van der Waals surface area contributed by atoms with Gasteiger partial charge >= 0.3 is 0 Å². The van der Waals surface area contributed by atoms with E-state index in [9.17, 15) is 4.79 Å². The van der Waals surface area contributed by atoms with Gasteiger partial charge in [-0.3, -0.25) is 4.79 Å². The Bertz CT molecular complexity index is 744. The molecule has 1 N–H and O–H groups in total. The minimum Gasteiger partial charge on any atom is -0.368 e. The molecule has 1 amide bonds. The topological polar surface area (TPSA) is 59.4 Å². The molecule has 0 aromatic heterocycles. The molecule has 5 nitrogen and oxygen atoms in total. The molecular formula is C21H24N4O. The van der Waals surface area contributed by atoms with E-state index in [1.807, 2.05) is 47.4 Å². The third-order valence-electron chi connectivity index (χ3n) is 4.68. The highest BCUT2D eigenvalue weighted by Crippen LogP contribution is 2.15. The molecule has 1 aliphatic rings. The zero-order chi connectivity index (χ0) is 18.2. The van der Waals surface area contributed by atoms with Crippen molar-refractivity contribution in [2.24, 2.45) is 0 Å². The maximum absolute atomic E-state index is 12.4. The van der Waals surface area contributed by atoms with Crippen LogP contribution in [0.25, 0.3) is 0 Å². The van der Waals surface area contributed by atoms with E-state index in [4.69, 9.17) is 5.26 Å². The highest BCUT2D eigenvalue weighted by atomic mass is 16.2. The summed E-state index contributed by atoms with van der Waals surface area (Å²) >= 11 is 0. The highest BCUT2D eigenvalue weighted by molar-refractivity contribution is 5.76. The van der Waals surface area contributed by atoms with Crippen LogP contribution in [0.1, 0.15) is 17.5 Å². The van der Waals surface area contributed by atoms with E-state index in [-0.39, 0.29) is 5.91 Å². The van der Waals surface area contributed by atoms with Crippen molar-refractivity contribution in [3.63, 3.8) is 0 Å². The van der Waals surface area contributed by atoms with E-state index in [1.165, 1.54) is 5.69 Å². The van der Waals surface area contributed by atoms with E-state index in [2.05, 4.69) is 28.4 Å². The fourth-order valence-electron chi connectivity index (χ4n) is 3.14. The number of carbonyl (C=O) groups excluding carboxylic acids is 1. The number of amides is 1. The van der Waals surface area contributed by atoms with Gasteiger partial charge in [0.25, 0.3) is 0 Å². The van der Waals surface area contributed by atoms with E-state index in [1.54, 1.807) is 0 Å². The lowest BCUT2D eigenvalue weighted by atomic mass is 10.1. The fourth-order valence-corrected chi connectivity index (χ4v) is 3.14. The summed E-state index contributed by atoms with van der Waals surface area (Å²) in [5.74, 6) is 0.213. The molecule has 134 valence electrons. The Balaban J connectivity index is 1.36. The van der Waals surface area contributed by atoms with Crippen LogP contribution in [-0.4, -0.2) is 43.5 Å². The number of anilines is 1. The highest BCUT2D eigenvalue weighted by Gasteiger charge is 2.20. The monoisotopic (exact) mass is 348 g/mol. The minimum atomic E-state index is 0.213. The lowest BCUT2D eigenvalue weighted by molar-refractivity contribution is -0.131. The summed E-state index contributed by atoms with van der Waals surface area (Å²) < 4.78 is 0. The Labute approximate surface area is 154 Å². The third-order valence-corrected chi connectivity index (χ3v) is 4.68. The van der Waals surface area contributed by atoms with E-state index in [0.717, 1.165) is 31.7 Å². The molecule has 0 aliphatic carbocycles. The van der Waals surface area contributed by atoms with E-state index in [0.29, 0.717) is 25.1 Å². The molecule has 0 saturated carbocycles. The van der Waals surface area contributed by atoms with Crippen molar-refractivity contribution in [3.8, 4) is 6.07 Å². The molecule has 0 atom stereocenters. The van der Waals surface area contributed by atoms with Crippen molar-refractivity contribution < 1.29 is 4.79 Å². The standard InChI is InChI=1S/C21H24N4O/c22-16-18-6-8-19(9-7-18)17-23-11-10-21(26)25-14-12-24(13-15-25)20-4-2-1-3-5-20/h1-9,23H,10-15,17H2. The first-order chi connectivity index (χ1) is 12.8. The van der Waals surface area contributed by atoms with Crippen LogP contribution in [0.4, 0.5) is 5.69 Å². The van der Waals surface area contributed by atoms with Gasteiger partial charge in [0.05, 0.1) is 11.6 Å². The lowest BCUT2D eigenvalue weighted by Gasteiger charge is -2.36. The van der Waals surface area contributed by atoms with Crippen LogP contribution in [0.15, 0.2) is 54.6 Å². The first kappa shape index (κ1) is 18.0. The number of nitrogens with zero attached hydrogens (tertiary/aromatic N) is 3. The molecule has 5 heteroatoms. The number of benzene rings is 2. The van der Waals surface area contributed by atoms with Crippen molar-refractivity contribution >= 4 is 11.6 Å². The second kappa shape index (κ2) is 9.02. The molecule has 1 heterocycles. The molecule has 2 aromatic carbocycles. The van der Waals surface area contributed by atoms with Gasteiger partial charge in [0, 0.05) is 51.4 Å². The minimum absolute atomic E-state index is 0.213. The van der Waals surface area contributed by atoms with Crippen LogP contribution in [-0.2, 0) is 11.3 Å². The molecule has 0 spiro atoms. The van der Waals surface area contributed by atoms with Gasteiger partial charge in [-0.1, -0.05) is 30.3 Å². The number of carbonyl (C=O) groups is 1. The van der Waals surface area contributed by atoms with Gasteiger partial charge in [-0.25, -0.2) is 0 Å². The zero-order valence-electron chi connectivity index (χ0n) is 14.9. The molecule has 0 bridgehead atoms. The van der Waals surface area contributed by atoms with Gasteiger partial charge in [-0.2, -0.15) is 5.26 Å². The van der Waals surface area contributed by atoms with Gasteiger partial charge in [0.2, 0.25) is 5.91 Å². The van der Waals surface area contributed by atoms with Crippen LogP contribution >= 0.6 is 0 Å². The molecule has 2 aromatic rings. The number of nitriles is 1. The van der Waals surface area contributed by atoms with Crippen molar-refractivity contribution in [2.75, 3.05) is 37.6 Å². The first-order valence-corrected chi connectivity index (χ1v) is 9.04. The van der Waals surface area contributed by atoms with Crippen LogP contribution in [0, 0.1) is 11.3 Å².